The molecule has 74 valence electrons. The number of hydrogen-bond donors (Lipinski definition) is 2. The lowest BCUT2D eigenvalue weighted by Crippen LogP contribution is -2.39. The number of carboxylic acids is 1. The monoisotopic (exact) mass is 225 g/mol. The van der Waals surface area contributed by atoms with Crippen molar-refractivity contribution in [2.24, 2.45) is 5.92 Å². The van der Waals surface area contributed by atoms with Crippen LogP contribution in [0.3, 0.4) is 0 Å². The molecule has 1 rings (SSSR count). The molecule has 0 saturated heterocycles. The van der Waals surface area contributed by atoms with E-state index in [1.807, 2.05) is 0 Å². The van der Waals surface area contributed by atoms with E-state index >= 15 is 0 Å². The summed E-state index contributed by atoms with van der Waals surface area (Å²) in [4.78, 5) is 21.6. The second-order valence-electron chi connectivity index (χ2n) is 3.09. The van der Waals surface area contributed by atoms with Crippen molar-refractivity contribution in [1.82, 2.24) is 5.32 Å². The van der Waals surface area contributed by atoms with Gasteiger partial charge >= 0.3 is 5.97 Å². The van der Waals surface area contributed by atoms with Crippen molar-refractivity contribution in [2.75, 3.05) is 0 Å². The molecule has 0 aliphatic heterocycles. The Hall–Kier alpha value is -0.480. The molecule has 1 saturated carbocycles. The molecule has 1 aliphatic rings. The fraction of sp³-hybridized carbons (Fsp3) is 0.714. The summed E-state index contributed by atoms with van der Waals surface area (Å²) < 4.78 is -0.998. The molecule has 0 radical (unpaired) electrons. The molecule has 4 nitrogen and oxygen atoms in total. The van der Waals surface area contributed by atoms with Gasteiger partial charge in [-0.2, -0.15) is 0 Å². The zero-order chi connectivity index (χ0) is 10.2. The number of carbonyl (C=O) groups is 2. The lowest BCUT2D eigenvalue weighted by molar-refractivity contribution is -0.141. The minimum absolute atomic E-state index is 0.383. The topological polar surface area (TPSA) is 66.4 Å². The first kappa shape index (κ1) is 10.6. The van der Waals surface area contributed by atoms with Crippen LogP contribution < -0.4 is 5.32 Å². The quantitative estimate of drug-likeness (QED) is 0.698. The number of carboxylic acid groups (broad SMARTS) is 1. The second-order valence-corrected chi connectivity index (χ2v) is 4.63. The van der Waals surface area contributed by atoms with E-state index in [1.165, 1.54) is 6.92 Å². The molecular formula is C7H9Cl2NO3. The molecule has 0 bridgehead atoms. The minimum atomic E-state index is -1.08. The average Bonchev–Trinajstić information content (AvgIpc) is 2.59. The molecule has 2 unspecified atom stereocenters. The zero-order valence-electron chi connectivity index (χ0n) is 6.88. The van der Waals surface area contributed by atoms with Crippen molar-refractivity contribution in [2.45, 2.75) is 23.7 Å². The summed E-state index contributed by atoms with van der Waals surface area (Å²) in [6.07, 6.45) is 0.383. The van der Waals surface area contributed by atoms with Crippen LogP contribution in [0, 0.1) is 5.92 Å². The molecule has 0 aromatic carbocycles. The summed E-state index contributed by atoms with van der Waals surface area (Å²) in [7, 11) is 0. The van der Waals surface area contributed by atoms with Crippen LogP contribution in [0.1, 0.15) is 13.3 Å². The van der Waals surface area contributed by atoms with Crippen LogP contribution in [-0.2, 0) is 9.59 Å². The first-order valence-corrected chi connectivity index (χ1v) is 4.51. The highest BCUT2D eigenvalue weighted by Gasteiger charge is 2.56. The van der Waals surface area contributed by atoms with Gasteiger partial charge in [0.25, 0.3) is 0 Å². The Kier molecular flexibility index (Phi) is 2.73. The van der Waals surface area contributed by atoms with Crippen LogP contribution in [0.4, 0.5) is 0 Å². The van der Waals surface area contributed by atoms with Crippen molar-refractivity contribution in [3.8, 4) is 0 Å². The first-order valence-electron chi connectivity index (χ1n) is 3.75. The Morgan fingerprint density at radius 3 is 2.38 bits per heavy atom. The molecule has 1 aliphatic carbocycles. The fourth-order valence-corrected chi connectivity index (χ4v) is 1.38. The number of nitrogens with one attached hydrogen (secondary N) is 1. The van der Waals surface area contributed by atoms with E-state index in [9.17, 15) is 9.59 Å². The average molecular weight is 226 g/mol. The highest BCUT2D eigenvalue weighted by Crippen LogP contribution is 2.53. The Morgan fingerprint density at radius 1 is 1.62 bits per heavy atom. The lowest BCUT2D eigenvalue weighted by Gasteiger charge is -2.08. The van der Waals surface area contributed by atoms with Crippen LogP contribution in [0.25, 0.3) is 0 Å². The third-order valence-electron chi connectivity index (χ3n) is 1.87. The summed E-state index contributed by atoms with van der Waals surface area (Å²) in [6, 6.07) is -0.905. The molecule has 6 heteroatoms. The Balaban J connectivity index is 2.40. The summed E-state index contributed by atoms with van der Waals surface area (Å²) in [5.41, 5.74) is 0. The third kappa shape index (κ3) is 2.48. The van der Waals surface area contributed by atoms with Crippen molar-refractivity contribution in [1.29, 1.82) is 0 Å². The van der Waals surface area contributed by atoms with Gasteiger partial charge in [-0.1, -0.05) is 0 Å². The highest BCUT2D eigenvalue weighted by atomic mass is 35.5. The molecule has 0 heterocycles. The lowest BCUT2D eigenvalue weighted by atomic mass is 10.3. The number of alkyl halides is 2. The molecule has 1 amide bonds. The Morgan fingerprint density at radius 2 is 2.08 bits per heavy atom. The van der Waals surface area contributed by atoms with Gasteiger partial charge in [0.05, 0.1) is 5.92 Å². The number of rotatable bonds is 3. The summed E-state index contributed by atoms with van der Waals surface area (Å²) in [6.45, 7) is 1.38. The van der Waals surface area contributed by atoms with E-state index in [1.54, 1.807) is 0 Å². The largest absolute Gasteiger partial charge is 0.480 e. The zero-order valence-corrected chi connectivity index (χ0v) is 8.39. The van der Waals surface area contributed by atoms with Crippen LogP contribution in [0.2, 0.25) is 0 Å². The smallest absolute Gasteiger partial charge is 0.325 e. The summed E-state index contributed by atoms with van der Waals surface area (Å²) >= 11 is 11.2. The summed E-state index contributed by atoms with van der Waals surface area (Å²) in [5, 5.41) is 10.8. The summed E-state index contributed by atoms with van der Waals surface area (Å²) in [5.74, 6) is -1.96. The van der Waals surface area contributed by atoms with Gasteiger partial charge in [0.1, 0.15) is 10.4 Å². The predicted octanol–water partition coefficient (Wildman–Crippen LogP) is 0.770. The third-order valence-corrected chi connectivity index (χ3v) is 2.71. The Labute approximate surface area is 85.2 Å². The van der Waals surface area contributed by atoms with Gasteiger partial charge in [0.15, 0.2) is 0 Å². The number of halogens is 2. The van der Waals surface area contributed by atoms with Gasteiger partial charge in [-0.3, -0.25) is 9.59 Å². The first-order chi connectivity index (χ1) is 5.84. The van der Waals surface area contributed by atoms with Gasteiger partial charge in [-0.25, -0.2) is 0 Å². The van der Waals surface area contributed by atoms with Crippen molar-refractivity contribution in [3.63, 3.8) is 0 Å². The van der Waals surface area contributed by atoms with E-state index in [0.717, 1.165) is 0 Å². The standard InChI is InChI=1S/C7H9Cl2NO3/c1-3(6(12)13)10-5(11)4-2-7(4,8)9/h3-4H,2H2,1H3,(H,10,11)(H,12,13). The van der Waals surface area contributed by atoms with Gasteiger partial charge in [-0.15, -0.1) is 23.2 Å². The van der Waals surface area contributed by atoms with E-state index in [-0.39, 0.29) is 0 Å². The van der Waals surface area contributed by atoms with Gasteiger partial charge in [0.2, 0.25) is 5.91 Å². The van der Waals surface area contributed by atoms with Crippen LogP contribution >= 0.6 is 23.2 Å². The molecule has 0 spiro atoms. The molecule has 2 N–H and O–H groups in total. The molecular weight excluding hydrogens is 217 g/mol. The van der Waals surface area contributed by atoms with Gasteiger partial charge < -0.3 is 10.4 Å². The van der Waals surface area contributed by atoms with Crippen molar-refractivity contribution < 1.29 is 14.7 Å². The van der Waals surface area contributed by atoms with Gasteiger partial charge in [-0.05, 0) is 13.3 Å². The number of carbonyl (C=O) groups excluding carboxylic acids is 1. The van der Waals surface area contributed by atoms with Crippen molar-refractivity contribution >= 4 is 35.1 Å². The number of aliphatic carboxylic acids is 1. The van der Waals surface area contributed by atoms with E-state index in [0.29, 0.717) is 6.42 Å². The maximum Gasteiger partial charge on any atom is 0.325 e. The molecule has 1 fully saturated rings. The molecule has 0 aromatic rings. The second kappa shape index (κ2) is 3.35. The Bertz CT molecular complexity index is 254. The van der Waals surface area contributed by atoms with E-state index in [4.69, 9.17) is 28.3 Å². The minimum Gasteiger partial charge on any atom is -0.480 e. The SMILES string of the molecule is CC(NC(=O)C1CC1(Cl)Cl)C(=O)O. The molecule has 13 heavy (non-hydrogen) atoms. The normalized spacial score (nSPS) is 26.2. The van der Waals surface area contributed by atoms with E-state index in [2.05, 4.69) is 5.32 Å². The predicted molar refractivity (Wildman–Crippen MR) is 47.8 cm³/mol. The maximum atomic E-state index is 11.2. The number of amides is 1. The van der Waals surface area contributed by atoms with Gasteiger partial charge in [0, 0.05) is 0 Å². The fourth-order valence-electron chi connectivity index (χ4n) is 0.873. The highest BCUT2D eigenvalue weighted by molar-refractivity contribution is 6.52. The van der Waals surface area contributed by atoms with Crippen LogP contribution in [0.5, 0.6) is 0 Å². The maximum absolute atomic E-state index is 11.2. The van der Waals surface area contributed by atoms with E-state index < -0.39 is 28.2 Å². The van der Waals surface area contributed by atoms with Crippen LogP contribution in [0.15, 0.2) is 0 Å². The molecule has 0 aromatic heterocycles. The molecule has 2 atom stereocenters. The van der Waals surface area contributed by atoms with Crippen LogP contribution in [-0.4, -0.2) is 27.4 Å². The van der Waals surface area contributed by atoms with Crippen molar-refractivity contribution in [3.05, 3.63) is 0 Å². The number of hydrogen-bond acceptors (Lipinski definition) is 2.